The van der Waals surface area contributed by atoms with Gasteiger partial charge in [-0.1, -0.05) is 64.4 Å². The molecule has 142 valence electrons. The summed E-state index contributed by atoms with van der Waals surface area (Å²) in [5, 5.41) is 9.78. The average Bonchev–Trinajstić information content (AvgIpc) is 2.62. The van der Waals surface area contributed by atoms with Crippen LogP contribution in [-0.2, 0) is 4.74 Å². The van der Waals surface area contributed by atoms with E-state index in [9.17, 15) is 14.7 Å². The standard InChI is InChI=1S/C21H28O5/c1-2-3-4-5-6-7-8-9-10-14-25-21(24)19-15-17(23)20-16(22)12-11-13-18(20)26-19/h11-13,15,22H,2-10,14H2,1H3. The fraction of sp³-hybridized carbons (Fsp3) is 0.524. The highest BCUT2D eigenvalue weighted by Crippen LogP contribution is 2.21. The van der Waals surface area contributed by atoms with E-state index in [1.807, 2.05) is 0 Å². The van der Waals surface area contributed by atoms with Gasteiger partial charge in [-0.2, -0.15) is 0 Å². The van der Waals surface area contributed by atoms with E-state index in [2.05, 4.69) is 6.92 Å². The lowest BCUT2D eigenvalue weighted by Crippen LogP contribution is -2.11. The Kier molecular flexibility index (Phi) is 8.19. The van der Waals surface area contributed by atoms with Gasteiger partial charge in [-0.3, -0.25) is 4.79 Å². The van der Waals surface area contributed by atoms with Crippen LogP contribution in [0.25, 0.3) is 11.0 Å². The second kappa shape index (κ2) is 10.6. The number of unbranched alkanes of at least 4 members (excludes halogenated alkanes) is 8. The van der Waals surface area contributed by atoms with Crippen molar-refractivity contribution in [3.63, 3.8) is 0 Å². The maximum absolute atomic E-state index is 12.0. The fourth-order valence-electron chi connectivity index (χ4n) is 2.94. The highest BCUT2D eigenvalue weighted by atomic mass is 16.5. The van der Waals surface area contributed by atoms with Crippen LogP contribution in [0.15, 0.2) is 33.5 Å². The van der Waals surface area contributed by atoms with Gasteiger partial charge < -0.3 is 14.3 Å². The number of fused-ring (bicyclic) bond motifs is 1. The molecule has 0 aliphatic carbocycles. The number of phenolic OH excluding ortho intramolecular Hbond substituents is 1. The molecular formula is C21H28O5. The molecule has 1 N–H and O–H groups in total. The summed E-state index contributed by atoms with van der Waals surface area (Å²) in [6.07, 6.45) is 10.7. The lowest BCUT2D eigenvalue weighted by Gasteiger charge is -2.06. The van der Waals surface area contributed by atoms with Gasteiger partial charge in [-0.15, -0.1) is 0 Å². The van der Waals surface area contributed by atoms with Gasteiger partial charge in [0.05, 0.1) is 6.61 Å². The first kappa shape index (κ1) is 20.0. The van der Waals surface area contributed by atoms with E-state index < -0.39 is 11.4 Å². The highest BCUT2D eigenvalue weighted by Gasteiger charge is 2.15. The molecular weight excluding hydrogens is 332 g/mol. The predicted octanol–water partition coefficient (Wildman–Crippen LogP) is 5.19. The van der Waals surface area contributed by atoms with Crippen LogP contribution in [0.4, 0.5) is 0 Å². The minimum absolute atomic E-state index is 0.0722. The molecule has 0 radical (unpaired) electrons. The number of aromatic hydroxyl groups is 1. The summed E-state index contributed by atoms with van der Waals surface area (Å²) in [7, 11) is 0. The summed E-state index contributed by atoms with van der Waals surface area (Å²) in [6, 6.07) is 5.56. The molecule has 1 heterocycles. The maximum atomic E-state index is 12.0. The molecule has 0 spiro atoms. The van der Waals surface area contributed by atoms with Gasteiger partial charge in [-0.25, -0.2) is 4.79 Å². The molecule has 5 heteroatoms. The van der Waals surface area contributed by atoms with Gasteiger partial charge in [0.1, 0.15) is 16.7 Å². The number of esters is 1. The molecule has 0 saturated heterocycles. The zero-order chi connectivity index (χ0) is 18.8. The number of rotatable bonds is 11. The van der Waals surface area contributed by atoms with Gasteiger partial charge in [0.15, 0.2) is 5.43 Å². The third-order valence-electron chi connectivity index (χ3n) is 4.41. The molecule has 0 aliphatic heterocycles. The van der Waals surface area contributed by atoms with Gasteiger partial charge in [0.2, 0.25) is 5.76 Å². The molecule has 2 rings (SSSR count). The van der Waals surface area contributed by atoms with Crippen molar-refractivity contribution < 1.29 is 19.1 Å². The van der Waals surface area contributed by atoms with E-state index in [1.54, 1.807) is 6.07 Å². The quantitative estimate of drug-likeness (QED) is 0.441. The number of ether oxygens (including phenoxy) is 1. The van der Waals surface area contributed by atoms with E-state index in [0.717, 1.165) is 25.3 Å². The summed E-state index contributed by atoms with van der Waals surface area (Å²) in [6.45, 7) is 2.53. The molecule has 26 heavy (non-hydrogen) atoms. The minimum atomic E-state index is -0.646. The van der Waals surface area contributed by atoms with Gasteiger partial charge in [0.25, 0.3) is 0 Å². The molecule has 1 aromatic carbocycles. The molecule has 0 aliphatic rings. The Morgan fingerprint density at radius 1 is 1.04 bits per heavy atom. The number of hydrogen-bond acceptors (Lipinski definition) is 5. The first-order chi connectivity index (χ1) is 12.6. The summed E-state index contributed by atoms with van der Waals surface area (Å²) >= 11 is 0. The first-order valence-corrected chi connectivity index (χ1v) is 9.56. The van der Waals surface area contributed by atoms with Crippen molar-refractivity contribution >= 4 is 16.9 Å². The third kappa shape index (κ3) is 5.90. The second-order valence-corrected chi connectivity index (χ2v) is 6.59. The summed E-state index contributed by atoms with van der Waals surface area (Å²) < 4.78 is 10.6. The van der Waals surface area contributed by atoms with E-state index in [-0.39, 0.29) is 22.5 Å². The number of carbonyl (C=O) groups is 1. The molecule has 0 atom stereocenters. The van der Waals surface area contributed by atoms with Crippen molar-refractivity contribution in [2.45, 2.75) is 64.7 Å². The zero-order valence-corrected chi connectivity index (χ0v) is 15.5. The SMILES string of the molecule is CCCCCCCCCCCOC(=O)c1cc(=O)c2c(O)cccc2o1. The van der Waals surface area contributed by atoms with Crippen molar-refractivity contribution in [1.29, 1.82) is 0 Å². The summed E-state index contributed by atoms with van der Waals surface area (Å²) in [5.41, 5.74) is -0.285. The Bertz CT molecular complexity index is 763. The second-order valence-electron chi connectivity index (χ2n) is 6.59. The molecule has 0 fully saturated rings. The number of benzene rings is 1. The smallest absolute Gasteiger partial charge is 0.374 e. The molecule has 0 unspecified atom stereocenters. The van der Waals surface area contributed by atoms with Crippen LogP contribution in [0, 0.1) is 0 Å². The van der Waals surface area contributed by atoms with Gasteiger partial charge >= 0.3 is 5.97 Å². The van der Waals surface area contributed by atoms with Crippen LogP contribution in [0.1, 0.15) is 75.3 Å². The zero-order valence-electron chi connectivity index (χ0n) is 15.5. The van der Waals surface area contributed by atoms with Crippen LogP contribution in [0.3, 0.4) is 0 Å². The van der Waals surface area contributed by atoms with Crippen LogP contribution in [0.2, 0.25) is 0 Å². The number of phenols is 1. The Balaban J connectivity index is 1.72. The molecule has 2 aromatic rings. The normalized spacial score (nSPS) is 11.0. The van der Waals surface area contributed by atoms with Crippen molar-refractivity contribution in [2.75, 3.05) is 6.61 Å². The average molecular weight is 360 g/mol. The minimum Gasteiger partial charge on any atom is -0.507 e. The Hall–Kier alpha value is -2.30. The van der Waals surface area contributed by atoms with Gasteiger partial charge in [0, 0.05) is 6.07 Å². The van der Waals surface area contributed by atoms with E-state index >= 15 is 0 Å². The van der Waals surface area contributed by atoms with Crippen molar-refractivity contribution in [3.05, 3.63) is 40.2 Å². The van der Waals surface area contributed by atoms with E-state index in [0.29, 0.717) is 6.61 Å². The fourth-order valence-corrected chi connectivity index (χ4v) is 2.94. The van der Waals surface area contributed by atoms with Crippen molar-refractivity contribution in [2.24, 2.45) is 0 Å². The lowest BCUT2D eigenvalue weighted by atomic mass is 10.1. The molecule has 1 aromatic heterocycles. The Labute approximate surface area is 154 Å². The first-order valence-electron chi connectivity index (χ1n) is 9.56. The monoisotopic (exact) mass is 360 g/mol. The number of hydrogen-bond donors (Lipinski definition) is 1. The van der Waals surface area contributed by atoms with Crippen LogP contribution < -0.4 is 5.43 Å². The van der Waals surface area contributed by atoms with Crippen molar-refractivity contribution in [1.82, 2.24) is 0 Å². The van der Waals surface area contributed by atoms with Crippen LogP contribution in [-0.4, -0.2) is 17.7 Å². The van der Waals surface area contributed by atoms with Crippen molar-refractivity contribution in [3.8, 4) is 5.75 Å². The van der Waals surface area contributed by atoms with Crippen LogP contribution >= 0.6 is 0 Å². The van der Waals surface area contributed by atoms with Crippen LogP contribution in [0.5, 0.6) is 5.75 Å². The van der Waals surface area contributed by atoms with E-state index in [1.165, 1.54) is 50.7 Å². The third-order valence-corrected chi connectivity index (χ3v) is 4.41. The number of carbonyl (C=O) groups excluding carboxylic acids is 1. The van der Waals surface area contributed by atoms with E-state index in [4.69, 9.17) is 9.15 Å². The summed E-state index contributed by atoms with van der Waals surface area (Å²) in [5.74, 6) is -0.943. The van der Waals surface area contributed by atoms with Gasteiger partial charge in [-0.05, 0) is 18.6 Å². The molecule has 0 bridgehead atoms. The predicted molar refractivity (Wildman–Crippen MR) is 102 cm³/mol. The topological polar surface area (TPSA) is 76.7 Å². The molecule has 5 nitrogen and oxygen atoms in total. The largest absolute Gasteiger partial charge is 0.507 e. The highest BCUT2D eigenvalue weighted by molar-refractivity contribution is 5.90. The molecule has 0 saturated carbocycles. The maximum Gasteiger partial charge on any atom is 0.374 e. The Morgan fingerprint density at radius 2 is 1.69 bits per heavy atom. The Morgan fingerprint density at radius 3 is 2.38 bits per heavy atom. The molecule has 0 amide bonds. The lowest BCUT2D eigenvalue weighted by molar-refractivity contribution is 0.0462. The summed E-state index contributed by atoms with van der Waals surface area (Å²) in [4.78, 5) is 24.1.